The van der Waals surface area contributed by atoms with Gasteiger partial charge in [-0.2, -0.15) is 0 Å². The highest BCUT2D eigenvalue weighted by Crippen LogP contribution is 2.13. The molecule has 0 spiro atoms. The molecule has 4 rings (SSSR count). The molecule has 0 aliphatic heterocycles. The molecule has 35 heavy (non-hydrogen) atoms. The van der Waals surface area contributed by atoms with Gasteiger partial charge in [-0.3, -0.25) is 14.4 Å². The van der Waals surface area contributed by atoms with Crippen LogP contribution < -0.4 is 21.3 Å². The Labute approximate surface area is 201 Å². The molecule has 9 nitrogen and oxygen atoms in total. The van der Waals surface area contributed by atoms with Crippen molar-refractivity contribution in [1.82, 2.24) is 10.6 Å². The first-order valence-electron chi connectivity index (χ1n) is 10.9. The van der Waals surface area contributed by atoms with Crippen molar-refractivity contribution in [3.8, 4) is 0 Å². The lowest BCUT2D eigenvalue weighted by atomic mass is 10.2. The fraction of sp³-hybridized carbons (Fsp3) is 0.115. The molecule has 0 aliphatic carbocycles. The molecule has 2 aromatic carbocycles. The van der Waals surface area contributed by atoms with Crippen molar-refractivity contribution in [1.29, 1.82) is 0 Å². The van der Waals surface area contributed by atoms with E-state index in [-0.39, 0.29) is 30.8 Å². The van der Waals surface area contributed by atoms with Gasteiger partial charge in [0.1, 0.15) is 11.5 Å². The number of carbonyl (C=O) groups excluding carboxylic acids is 3. The maximum absolute atomic E-state index is 12.4. The molecule has 0 fully saturated rings. The lowest BCUT2D eigenvalue weighted by Gasteiger charge is -2.10. The standard InChI is InChI=1S/C26H24N4O5/c31-24(30-21-5-1-4-19(14-21)26(33)29-16-23-7-3-13-35-23)17-27-20-10-8-18(9-11-20)25(32)28-15-22-6-2-12-34-22/h1-14,27H,15-17H2,(H,28,32)(H,29,33)(H,30,31). The number of hydrogen-bond acceptors (Lipinski definition) is 6. The van der Waals surface area contributed by atoms with Crippen molar-refractivity contribution >= 4 is 29.1 Å². The quantitative estimate of drug-likeness (QED) is 0.278. The molecule has 9 heteroatoms. The molecule has 0 saturated heterocycles. The van der Waals surface area contributed by atoms with Crippen LogP contribution >= 0.6 is 0 Å². The zero-order valence-corrected chi connectivity index (χ0v) is 18.7. The lowest BCUT2D eigenvalue weighted by Crippen LogP contribution is -2.24. The Morgan fingerprint density at radius 1 is 0.657 bits per heavy atom. The normalized spacial score (nSPS) is 10.4. The van der Waals surface area contributed by atoms with Gasteiger partial charge in [0.25, 0.3) is 11.8 Å². The Morgan fingerprint density at radius 2 is 1.29 bits per heavy atom. The third-order valence-electron chi connectivity index (χ3n) is 5.02. The van der Waals surface area contributed by atoms with E-state index in [4.69, 9.17) is 8.83 Å². The number of rotatable bonds is 10. The minimum atomic E-state index is -0.279. The molecule has 2 aromatic heterocycles. The van der Waals surface area contributed by atoms with Gasteiger partial charge in [0.05, 0.1) is 32.2 Å². The molecule has 4 aromatic rings. The van der Waals surface area contributed by atoms with E-state index in [9.17, 15) is 14.4 Å². The van der Waals surface area contributed by atoms with E-state index in [1.165, 1.54) is 0 Å². The fourth-order valence-corrected chi connectivity index (χ4v) is 3.23. The second-order valence-corrected chi connectivity index (χ2v) is 7.58. The van der Waals surface area contributed by atoms with E-state index >= 15 is 0 Å². The minimum absolute atomic E-state index is 0.0129. The van der Waals surface area contributed by atoms with Crippen LogP contribution in [0, 0.1) is 0 Å². The molecule has 2 heterocycles. The summed E-state index contributed by atoms with van der Waals surface area (Å²) >= 11 is 0. The maximum Gasteiger partial charge on any atom is 0.251 e. The fourth-order valence-electron chi connectivity index (χ4n) is 3.23. The lowest BCUT2D eigenvalue weighted by molar-refractivity contribution is -0.114. The molecule has 0 aliphatic rings. The first-order chi connectivity index (χ1) is 17.1. The van der Waals surface area contributed by atoms with Crippen LogP contribution in [-0.2, 0) is 17.9 Å². The van der Waals surface area contributed by atoms with Crippen LogP contribution in [0.25, 0.3) is 0 Å². The first kappa shape index (κ1) is 23.4. The summed E-state index contributed by atoms with van der Waals surface area (Å²) in [6.07, 6.45) is 3.09. The Morgan fingerprint density at radius 3 is 1.89 bits per heavy atom. The van der Waals surface area contributed by atoms with Crippen LogP contribution in [-0.4, -0.2) is 24.3 Å². The van der Waals surface area contributed by atoms with E-state index < -0.39 is 0 Å². The molecule has 3 amide bonds. The Kier molecular flexibility index (Phi) is 7.59. The largest absolute Gasteiger partial charge is 0.467 e. The topological polar surface area (TPSA) is 126 Å². The van der Waals surface area contributed by atoms with Crippen LogP contribution in [0.1, 0.15) is 32.2 Å². The predicted molar refractivity (Wildman–Crippen MR) is 130 cm³/mol. The van der Waals surface area contributed by atoms with Crippen LogP contribution in [0.2, 0.25) is 0 Å². The second-order valence-electron chi connectivity index (χ2n) is 7.58. The maximum atomic E-state index is 12.4. The Balaban J connectivity index is 1.23. The van der Waals surface area contributed by atoms with Crippen LogP contribution in [0.4, 0.5) is 11.4 Å². The summed E-state index contributed by atoms with van der Waals surface area (Å²) in [6.45, 7) is 0.592. The van der Waals surface area contributed by atoms with Gasteiger partial charge < -0.3 is 30.1 Å². The third kappa shape index (κ3) is 6.84. The average molecular weight is 473 g/mol. The highest BCUT2D eigenvalue weighted by Gasteiger charge is 2.10. The van der Waals surface area contributed by atoms with Gasteiger partial charge in [0.2, 0.25) is 5.91 Å². The van der Waals surface area contributed by atoms with Crippen molar-refractivity contribution in [3.05, 3.63) is 108 Å². The average Bonchev–Trinajstić information content (AvgIpc) is 3.60. The third-order valence-corrected chi connectivity index (χ3v) is 5.02. The van der Waals surface area contributed by atoms with Gasteiger partial charge in [-0.1, -0.05) is 6.07 Å². The summed E-state index contributed by atoms with van der Waals surface area (Å²) in [4.78, 5) is 36.9. The summed E-state index contributed by atoms with van der Waals surface area (Å²) in [5, 5.41) is 11.3. The van der Waals surface area contributed by atoms with Crippen molar-refractivity contribution in [3.63, 3.8) is 0 Å². The van der Waals surface area contributed by atoms with Crippen LogP contribution in [0.3, 0.4) is 0 Å². The van der Waals surface area contributed by atoms with E-state index in [1.54, 1.807) is 85.3 Å². The SMILES string of the molecule is O=C(CNc1ccc(C(=O)NCc2ccco2)cc1)Nc1cccc(C(=O)NCc2ccco2)c1. The Hall–Kier alpha value is -4.79. The zero-order valence-electron chi connectivity index (χ0n) is 18.7. The number of amides is 3. The molecular formula is C26H24N4O5. The first-order valence-corrected chi connectivity index (χ1v) is 10.9. The van der Waals surface area contributed by atoms with Gasteiger partial charge in [0.15, 0.2) is 0 Å². The number of nitrogens with one attached hydrogen (secondary N) is 4. The predicted octanol–water partition coefficient (Wildman–Crippen LogP) is 3.78. The molecule has 4 N–H and O–H groups in total. The molecule has 0 saturated carbocycles. The smallest absolute Gasteiger partial charge is 0.251 e. The molecule has 0 radical (unpaired) electrons. The molecular weight excluding hydrogens is 448 g/mol. The summed E-state index contributed by atoms with van der Waals surface area (Å²) in [6, 6.07) is 20.5. The van der Waals surface area contributed by atoms with E-state index in [2.05, 4.69) is 21.3 Å². The van der Waals surface area contributed by atoms with Crippen molar-refractivity contribution in [2.75, 3.05) is 17.2 Å². The summed E-state index contributed by atoms with van der Waals surface area (Å²) in [5.41, 5.74) is 2.11. The highest BCUT2D eigenvalue weighted by atomic mass is 16.3. The van der Waals surface area contributed by atoms with E-state index in [1.807, 2.05) is 0 Å². The second kappa shape index (κ2) is 11.4. The molecule has 0 unspecified atom stereocenters. The molecule has 0 bridgehead atoms. The summed E-state index contributed by atoms with van der Waals surface area (Å²) < 4.78 is 10.4. The van der Waals surface area contributed by atoms with Gasteiger partial charge >= 0.3 is 0 Å². The van der Waals surface area contributed by atoms with Gasteiger partial charge in [0, 0.05) is 22.5 Å². The van der Waals surface area contributed by atoms with Crippen LogP contribution in [0.15, 0.2) is 94.2 Å². The van der Waals surface area contributed by atoms with Gasteiger partial charge in [-0.15, -0.1) is 0 Å². The number of furan rings is 2. The number of hydrogen-bond donors (Lipinski definition) is 4. The van der Waals surface area contributed by atoms with Gasteiger partial charge in [-0.25, -0.2) is 0 Å². The monoisotopic (exact) mass is 472 g/mol. The number of anilines is 2. The summed E-state index contributed by atoms with van der Waals surface area (Å²) in [7, 11) is 0. The highest BCUT2D eigenvalue weighted by molar-refractivity contribution is 5.98. The molecule has 178 valence electrons. The zero-order chi connectivity index (χ0) is 24.5. The summed E-state index contributed by atoms with van der Waals surface area (Å²) in [5.74, 6) is 0.542. The van der Waals surface area contributed by atoms with Crippen LogP contribution in [0.5, 0.6) is 0 Å². The van der Waals surface area contributed by atoms with Crippen molar-refractivity contribution < 1.29 is 23.2 Å². The van der Waals surface area contributed by atoms with Gasteiger partial charge in [-0.05, 0) is 66.7 Å². The van der Waals surface area contributed by atoms with Crippen molar-refractivity contribution in [2.24, 2.45) is 0 Å². The van der Waals surface area contributed by atoms with E-state index in [0.717, 1.165) is 0 Å². The van der Waals surface area contributed by atoms with E-state index in [0.29, 0.717) is 40.6 Å². The van der Waals surface area contributed by atoms with Crippen molar-refractivity contribution in [2.45, 2.75) is 13.1 Å². The number of carbonyl (C=O) groups is 3. The Bertz CT molecular complexity index is 1270. The number of benzene rings is 2. The minimum Gasteiger partial charge on any atom is -0.467 e. The molecule has 0 atom stereocenters.